The topological polar surface area (TPSA) is 66.0 Å². The smallest absolute Gasteiger partial charge is 0.251 e. The highest BCUT2D eigenvalue weighted by atomic mass is 16.2. The van der Waals surface area contributed by atoms with Crippen LogP contribution in [0.4, 0.5) is 0 Å². The minimum absolute atomic E-state index is 0.0332. The molecule has 0 aliphatic heterocycles. The van der Waals surface area contributed by atoms with Gasteiger partial charge in [0, 0.05) is 37.4 Å². The number of carbonyl (C=O) groups is 2. The van der Waals surface area contributed by atoms with Crippen LogP contribution in [-0.2, 0) is 14.1 Å². The SMILES string of the molecule is C[n+]1ccc(C(=O)NCCCCCCNC(=O)c2cc[n+](C)cc2)cc1. The van der Waals surface area contributed by atoms with Crippen molar-refractivity contribution >= 4 is 11.8 Å². The Kier molecular flexibility index (Phi) is 7.74. The minimum Gasteiger partial charge on any atom is -0.352 e. The van der Waals surface area contributed by atoms with E-state index in [1.54, 1.807) is 0 Å². The number of carbonyl (C=O) groups excluding carboxylic acids is 2. The Morgan fingerprint density at radius 1 is 0.692 bits per heavy atom. The Morgan fingerprint density at radius 2 is 1.04 bits per heavy atom. The van der Waals surface area contributed by atoms with Crippen molar-refractivity contribution in [2.75, 3.05) is 13.1 Å². The summed E-state index contributed by atoms with van der Waals surface area (Å²) in [5.74, 6) is -0.0664. The molecule has 2 amide bonds. The lowest BCUT2D eigenvalue weighted by Crippen LogP contribution is -2.29. The van der Waals surface area contributed by atoms with Crippen LogP contribution in [0.15, 0.2) is 49.1 Å². The Bertz CT molecular complexity index is 648. The molecule has 0 atom stereocenters. The van der Waals surface area contributed by atoms with E-state index < -0.39 is 0 Å². The van der Waals surface area contributed by atoms with E-state index in [0.29, 0.717) is 24.2 Å². The molecule has 0 aliphatic carbocycles. The first kappa shape index (κ1) is 19.6. The Labute approximate surface area is 154 Å². The van der Waals surface area contributed by atoms with Gasteiger partial charge in [-0.2, -0.15) is 0 Å². The van der Waals surface area contributed by atoms with Crippen LogP contribution in [0.1, 0.15) is 46.4 Å². The molecule has 6 heteroatoms. The van der Waals surface area contributed by atoms with Crippen molar-refractivity contribution in [2.45, 2.75) is 25.7 Å². The minimum atomic E-state index is -0.0332. The molecule has 2 N–H and O–H groups in total. The zero-order valence-electron chi connectivity index (χ0n) is 15.6. The van der Waals surface area contributed by atoms with Gasteiger partial charge < -0.3 is 10.6 Å². The Hall–Kier alpha value is -2.76. The maximum atomic E-state index is 12.0. The van der Waals surface area contributed by atoms with Crippen LogP contribution in [-0.4, -0.2) is 24.9 Å². The van der Waals surface area contributed by atoms with Gasteiger partial charge in [-0.25, -0.2) is 9.13 Å². The van der Waals surface area contributed by atoms with Crippen molar-refractivity contribution in [3.63, 3.8) is 0 Å². The average molecular weight is 356 g/mol. The Morgan fingerprint density at radius 3 is 1.38 bits per heavy atom. The van der Waals surface area contributed by atoms with Crippen molar-refractivity contribution in [3.8, 4) is 0 Å². The second-order valence-corrected chi connectivity index (χ2v) is 6.43. The lowest BCUT2D eigenvalue weighted by Gasteiger charge is -2.06. The molecule has 0 unspecified atom stereocenters. The zero-order valence-corrected chi connectivity index (χ0v) is 15.6. The van der Waals surface area contributed by atoms with Crippen molar-refractivity contribution < 1.29 is 18.7 Å². The predicted molar refractivity (Wildman–Crippen MR) is 98.4 cm³/mol. The van der Waals surface area contributed by atoms with Gasteiger partial charge in [0.1, 0.15) is 14.1 Å². The summed E-state index contributed by atoms with van der Waals surface area (Å²) in [6, 6.07) is 7.24. The van der Waals surface area contributed by atoms with E-state index in [-0.39, 0.29) is 11.8 Å². The van der Waals surface area contributed by atoms with E-state index in [0.717, 1.165) is 25.7 Å². The summed E-state index contributed by atoms with van der Waals surface area (Å²) in [4.78, 5) is 23.9. The van der Waals surface area contributed by atoms with Crippen molar-refractivity contribution in [3.05, 3.63) is 60.2 Å². The van der Waals surface area contributed by atoms with E-state index >= 15 is 0 Å². The van der Waals surface area contributed by atoms with Crippen molar-refractivity contribution in [1.29, 1.82) is 0 Å². The molecule has 26 heavy (non-hydrogen) atoms. The van der Waals surface area contributed by atoms with Crippen LogP contribution in [0, 0.1) is 0 Å². The van der Waals surface area contributed by atoms with Crippen LogP contribution in [0.3, 0.4) is 0 Å². The van der Waals surface area contributed by atoms with E-state index in [4.69, 9.17) is 0 Å². The fourth-order valence-electron chi connectivity index (χ4n) is 2.52. The maximum Gasteiger partial charge on any atom is 0.251 e. The molecule has 6 nitrogen and oxygen atoms in total. The van der Waals surface area contributed by atoms with Crippen LogP contribution in [0.5, 0.6) is 0 Å². The fraction of sp³-hybridized carbons (Fsp3) is 0.400. The number of nitrogens with zero attached hydrogens (tertiary/aromatic N) is 2. The van der Waals surface area contributed by atoms with E-state index in [1.165, 1.54) is 0 Å². The number of rotatable bonds is 9. The molecule has 138 valence electrons. The lowest BCUT2D eigenvalue weighted by molar-refractivity contribution is -0.671. The predicted octanol–water partition coefficient (Wildman–Crippen LogP) is 1.06. The molecule has 0 fully saturated rings. The first-order chi connectivity index (χ1) is 12.6. The molecule has 2 aromatic heterocycles. The van der Waals surface area contributed by atoms with Gasteiger partial charge in [-0.15, -0.1) is 0 Å². The molecular weight excluding hydrogens is 328 g/mol. The number of amides is 2. The second-order valence-electron chi connectivity index (χ2n) is 6.43. The first-order valence-electron chi connectivity index (χ1n) is 9.03. The molecule has 0 saturated heterocycles. The summed E-state index contributed by atoms with van der Waals surface area (Å²) in [6.45, 7) is 1.35. The highest BCUT2D eigenvalue weighted by Crippen LogP contribution is 2.00. The third-order valence-electron chi connectivity index (χ3n) is 4.16. The van der Waals surface area contributed by atoms with Gasteiger partial charge in [0.2, 0.25) is 0 Å². The fourth-order valence-corrected chi connectivity index (χ4v) is 2.52. The van der Waals surface area contributed by atoms with E-state index in [1.807, 2.05) is 72.3 Å². The summed E-state index contributed by atoms with van der Waals surface area (Å²) < 4.78 is 3.79. The third kappa shape index (κ3) is 6.63. The molecule has 2 heterocycles. The number of hydrogen-bond acceptors (Lipinski definition) is 2. The lowest BCUT2D eigenvalue weighted by atomic mass is 10.2. The third-order valence-corrected chi connectivity index (χ3v) is 4.16. The molecule has 0 aromatic carbocycles. The monoisotopic (exact) mass is 356 g/mol. The van der Waals surface area contributed by atoms with Gasteiger partial charge in [0.15, 0.2) is 24.8 Å². The van der Waals surface area contributed by atoms with E-state index in [2.05, 4.69) is 10.6 Å². The van der Waals surface area contributed by atoms with Crippen molar-refractivity contribution in [2.24, 2.45) is 14.1 Å². The van der Waals surface area contributed by atoms with Gasteiger partial charge in [-0.1, -0.05) is 12.8 Å². The summed E-state index contributed by atoms with van der Waals surface area (Å²) in [5.41, 5.74) is 1.36. The van der Waals surface area contributed by atoms with Crippen LogP contribution in [0.25, 0.3) is 0 Å². The molecular formula is C20H28N4O2+2. The number of hydrogen-bond donors (Lipinski definition) is 2. The molecule has 2 rings (SSSR count). The number of aryl methyl sites for hydroxylation is 2. The molecule has 2 aromatic rings. The standard InChI is InChI=1S/C20H26N4O2/c1-23-13-7-17(8-14-23)19(25)21-11-5-3-4-6-12-22-20(26)18-9-15-24(2)16-10-18/h7-10,13-16H,3-6,11-12H2,1-2H3/p+2. The summed E-state index contributed by atoms with van der Waals surface area (Å²) in [5, 5.41) is 5.87. The van der Waals surface area contributed by atoms with Gasteiger partial charge in [-0.05, 0) is 12.8 Å². The van der Waals surface area contributed by atoms with Gasteiger partial charge in [0.25, 0.3) is 11.8 Å². The van der Waals surface area contributed by atoms with Gasteiger partial charge in [0.05, 0.1) is 11.1 Å². The number of pyridine rings is 2. The van der Waals surface area contributed by atoms with E-state index in [9.17, 15) is 9.59 Å². The summed E-state index contributed by atoms with van der Waals surface area (Å²) >= 11 is 0. The largest absolute Gasteiger partial charge is 0.352 e. The summed E-state index contributed by atoms with van der Waals surface area (Å²) in [7, 11) is 3.84. The van der Waals surface area contributed by atoms with Crippen molar-refractivity contribution in [1.82, 2.24) is 10.6 Å². The zero-order chi connectivity index (χ0) is 18.8. The average Bonchev–Trinajstić information content (AvgIpc) is 2.64. The van der Waals surface area contributed by atoms with Crippen LogP contribution >= 0.6 is 0 Å². The number of aromatic nitrogens is 2. The second kappa shape index (κ2) is 10.3. The number of nitrogens with one attached hydrogen (secondary N) is 2. The molecule has 0 aliphatic rings. The highest BCUT2D eigenvalue weighted by molar-refractivity contribution is 5.94. The van der Waals surface area contributed by atoms with Gasteiger partial charge >= 0.3 is 0 Å². The summed E-state index contributed by atoms with van der Waals surface area (Å²) in [6.07, 6.45) is 11.4. The Balaban J connectivity index is 1.51. The number of unbranched alkanes of at least 4 members (excludes halogenated alkanes) is 3. The molecule has 0 bridgehead atoms. The molecule has 0 radical (unpaired) electrons. The van der Waals surface area contributed by atoms with Crippen LogP contribution < -0.4 is 19.8 Å². The quantitative estimate of drug-likeness (QED) is 0.521. The molecule has 0 saturated carbocycles. The maximum absolute atomic E-state index is 12.0. The highest BCUT2D eigenvalue weighted by Gasteiger charge is 2.07. The normalized spacial score (nSPS) is 10.4. The molecule has 0 spiro atoms. The first-order valence-corrected chi connectivity index (χ1v) is 9.03. The van der Waals surface area contributed by atoms with Crippen LogP contribution in [0.2, 0.25) is 0 Å². The van der Waals surface area contributed by atoms with Gasteiger partial charge in [-0.3, -0.25) is 9.59 Å².